The largest absolute Gasteiger partial charge is 0.496 e. The number of unbranched alkanes of at least 4 members (excludes halogenated alkanes) is 1. The molecule has 1 aliphatic heterocycles. The lowest BCUT2D eigenvalue weighted by Crippen LogP contribution is -2.55. The predicted molar refractivity (Wildman–Crippen MR) is 242 cm³/mol. The molecule has 0 saturated heterocycles. The van der Waals surface area contributed by atoms with E-state index in [0.29, 0.717) is 57.2 Å². The number of amides is 5. The lowest BCUT2D eigenvalue weighted by atomic mass is 9.93. The molecule has 15 nitrogen and oxygen atoms in total. The van der Waals surface area contributed by atoms with Crippen LogP contribution in [0.4, 0.5) is 4.79 Å². The number of hydrogen-bond donors (Lipinski definition) is 4. The van der Waals surface area contributed by atoms with Gasteiger partial charge in [-0.15, -0.1) is 0 Å². The number of halogens is 1. The molecule has 16 heteroatoms. The third kappa shape index (κ3) is 12.5. The van der Waals surface area contributed by atoms with Gasteiger partial charge in [0.25, 0.3) is 5.91 Å². The van der Waals surface area contributed by atoms with Crippen molar-refractivity contribution in [1.29, 1.82) is 0 Å². The first-order valence-electron chi connectivity index (χ1n) is 20.9. The Morgan fingerprint density at radius 1 is 0.812 bits per heavy atom. The van der Waals surface area contributed by atoms with Crippen LogP contribution in [0.5, 0.6) is 11.5 Å². The number of methoxy groups -OCH3 is 3. The summed E-state index contributed by atoms with van der Waals surface area (Å²) < 4.78 is 21.9. The normalized spacial score (nSPS) is 16.7. The summed E-state index contributed by atoms with van der Waals surface area (Å²) in [6.07, 6.45) is 0.433. The summed E-state index contributed by atoms with van der Waals surface area (Å²) in [6.45, 7) is 6.98. The smallest absolute Gasteiger partial charge is 0.407 e. The average Bonchev–Trinajstić information content (AvgIpc) is 3.26. The Hall–Kier alpha value is -6.61. The van der Waals surface area contributed by atoms with Crippen LogP contribution < -0.4 is 30.7 Å². The maximum atomic E-state index is 14.8. The summed E-state index contributed by atoms with van der Waals surface area (Å²) in [5.41, 5.74) is 3.45. The van der Waals surface area contributed by atoms with Crippen LogP contribution in [-0.4, -0.2) is 99.2 Å². The summed E-state index contributed by atoms with van der Waals surface area (Å²) in [6, 6.07) is 19.7. The molecule has 4 atom stereocenters. The van der Waals surface area contributed by atoms with Crippen LogP contribution in [0.2, 0.25) is 5.02 Å². The Kier molecular flexibility index (Phi) is 16.4. The van der Waals surface area contributed by atoms with Crippen molar-refractivity contribution in [3.8, 4) is 33.8 Å². The second kappa shape index (κ2) is 21.7. The van der Waals surface area contributed by atoms with E-state index in [1.165, 1.54) is 40.2 Å². The van der Waals surface area contributed by atoms with Gasteiger partial charge < -0.3 is 45.1 Å². The van der Waals surface area contributed by atoms with Crippen LogP contribution in [0.15, 0.2) is 84.9 Å². The fourth-order valence-electron chi connectivity index (χ4n) is 7.28. The Labute approximate surface area is 378 Å². The van der Waals surface area contributed by atoms with Crippen molar-refractivity contribution in [3.05, 3.63) is 107 Å². The highest BCUT2D eigenvalue weighted by Gasteiger charge is 2.36. The summed E-state index contributed by atoms with van der Waals surface area (Å²) >= 11 is 6.08. The van der Waals surface area contributed by atoms with Gasteiger partial charge in [-0.1, -0.05) is 48.0 Å². The number of hydrogen-bond acceptors (Lipinski definition) is 10. The second-order valence-electron chi connectivity index (χ2n) is 16.4. The number of carbonyl (C=O) groups excluding carboxylic acids is 6. The standard InChI is InChI=1S/C48H56ClN5O10/c1-28-42(55)53-38(46(59)63-8)26-29-12-22-39(61-6)35(25-29)36-27-33(19-23-40(36)62-7)41(44(57)51-28)54(5)45(58)37(11-9-10-24-50-47(60)64-48(2,3)4)52-43(56)32-15-13-30(14-16-32)31-17-20-34(49)21-18-31/h12-23,25,27-28,37-38,41H,9-11,24,26H2,1-8H3,(H,50,60)(H,51,57)(H,52,56)(H,53,55)/t28-,37-,38-,41-/m0/s1. The molecule has 0 saturated carbocycles. The molecular formula is C48H56ClN5O10. The number of rotatable bonds is 13. The molecule has 340 valence electrons. The maximum absolute atomic E-state index is 14.8. The lowest BCUT2D eigenvalue weighted by molar-refractivity contribution is -0.145. The van der Waals surface area contributed by atoms with Crippen molar-refractivity contribution in [1.82, 2.24) is 26.2 Å². The molecule has 4 bridgehead atoms. The quantitative estimate of drug-likeness (QED) is 0.0863. The van der Waals surface area contributed by atoms with E-state index in [2.05, 4.69) is 21.3 Å². The van der Waals surface area contributed by atoms with Gasteiger partial charge in [0.2, 0.25) is 17.7 Å². The van der Waals surface area contributed by atoms with Crippen LogP contribution in [0, 0.1) is 0 Å². The molecule has 64 heavy (non-hydrogen) atoms. The molecule has 0 aromatic heterocycles. The van der Waals surface area contributed by atoms with Gasteiger partial charge in [-0.2, -0.15) is 0 Å². The highest BCUT2D eigenvalue weighted by molar-refractivity contribution is 6.30. The molecule has 4 aromatic rings. The van der Waals surface area contributed by atoms with Crippen molar-refractivity contribution < 1.29 is 47.7 Å². The first kappa shape index (κ1) is 48.4. The van der Waals surface area contributed by atoms with E-state index in [9.17, 15) is 28.8 Å². The number of nitrogens with zero attached hydrogens (tertiary/aromatic N) is 1. The highest BCUT2D eigenvalue weighted by Crippen LogP contribution is 2.40. The molecule has 4 N–H and O–H groups in total. The summed E-state index contributed by atoms with van der Waals surface area (Å²) in [5, 5.41) is 11.6. The molecule has 0 radical (unpaired) electrons. The number of fused-ring (bicyclic) bond motifs is 5. The maximum Gasteiger partial charge on any atom is 0.407 e. The molecule has 0 unspecified atom stereocenters. The number of likely N-dealkylation sites (N-methyl/N-ethyl adjacent to an activating group) is 1. The zero-order valence-electron chi connectivity index (χ0n) is 37.3. The molecular weight excluding hydrogens is 842 g/mol. The Bertz CT molecular complexity index is 2330. The van der Waals surface area contributed by atoms with Gasteiger partial charge in [-0.3, -0.25) is 19.2 Å². The zero-order chi connectivity index (χ0) is 46.7. The SMILES string of the molecule is COC(=O)[C@@H]1Cc2ccc(OC)c(c2)-c2cc(ccc2OC)[C@H](N(C)C(=O)[C@H](CCCCNC(=O)OC(C)(C)C)NC(=O)c2ccc(-c3ccc(Cl)cc3)cc2)C(=O)N[C@@H](C)C(=O)N1. The third-order valence-corrected chi connectivity index (χ3v) is 10.8. The fourth-order valence-corrected chi connectivity index (χ4v) is 7.41. The molecule has 5 rings (SSSR count). The van der Waals surface area contributed by atoms with Crippen LogP contribution >= 0.6 is 11.6 Å². The lowest BCUT2D eigenvalue weighted by Gasteiger charge is -2.32. The number of carbonyl (C=O) groups is 6. The van der Waals surface area contributed by atoms with Crippen LogP contribution in [0.25, 0.3) is 22.3 Å². The van der Waals surface area contributed by atoms with Crippen molar-refractivity contribution in [2.45, 2.75) is 83.1 Å². The Balaban J connectivity index is 1.51. The van der Waals surface area contributed by atoms with Gasteiger partial charge in [0.15, 0.2) is 0 Å². The van der Waals surface area contributed by atoms with E-state index in [1.54, 1.807) is 93.6 Å². The first-order chi connectivity index (χ1) is 30.4. The predicted octanol–water partition coefficient (Wildman–Crippen LogP) is 6.40. The van der Waals surface area contributed by atoms with Crippen molar-refractivity contribution in [2.75, 3.05) is 34.9 Å². The van der Waals surface area contributed by atoms with Crippen LogP contribution in [0.1, 0.15) is 74.5 Å². The molecule has 0 fully saturated rings. The average molecular weight is 898 g/mol. The van der Waals surface area contributed by atoms with Crippen LogP contribution in [0.3, 0.4) is 0 Å². The molecule has 4 aromatic carbocycles. The molecule has 5 amide bonds. The number of alkyl carbamates (subject to hydrolysis) is 1. The minimum absolute atomic E-state index is 0.0641. The highest BCUT2D eigenvalue weighted by atomic mass is 35.5. The molecule has 0 spiro atoms. The second-order valence-corrected chi connectivity index (χ2v) is 16.8. The molecule has 1 aliphatic rings. The number of nitrogens with one attached hydrogen (secondary N) is 4. The van der Waals surface area contributed by atoms with Gasteiger partial charge in [0, 0.05) is 41.7 Å². The van der Waals surface area contributed by atoms with E-state index in [1.807, 2.05) is 12.1 Å². The van der Waals surface area contributed by atoms with E-state index < -0.39 is 65.5 Å². The summed E-state index contributed by atoms with van der Waals surface area (Å²) in [4.78, 5) is 83.4. The topological polar surface area (TPSA) is 191 Å². The minimum atomic E-state index is -1.35. The first-order valence-corrected chi connectivity index (χ1v) is 21.2. The zero-order valence-corrected chi connectivity index (χ0v) is 38.1. The van der Waals surface area contributed by atoms with E-state index in [-0.39, 0.29) is 19.4 Å². The number of ether oxygens (including phenoxy) is 4. The third-order valence-electron chi connectivity index (χ3n) is 10.6. The number of esters is 1. The van der Waals surface area contributed by atoms with Crippen LogP contribution in [-0.2, 0) is 35.1 Å². The van der Waals surface area contributed by atoms with Crippen molar-refractivity contribution in [3.63, 3.8) is 0 Å². The Morgan fingerprint density at radius 2 is 1.42 bits per heavy atom. The van der Waals surface area contributed by atoms with E-state index in [4.69, 9.17) is 30.5 Å². The summed E-state index contributed by atoms with van der Waals surface area (Å²) in [7, 11) is 5.67. The number of benzene rings is 4. The van der Waals surface area contributed by atoms with Crippen molar-refractivity contribution in [2.24, 2.45) is 0 Å². The molecule has 1 heterocycles. The molecule has 0 aliphatic carbocycles. The van der Waals surface area contributed by atoms with Crippen molar-refractivity contribution >= 4 is 47.3 Å². The van der Waals surface area contributed by atoms with Gasteiger partial charge in [-0.25, -0.2) is 9.59 Å². The van der Waals surface area contributed by atoms with E-state index >= 15 is 0 Å². The Morgan fingerprint density at radius 3 is 2.03 bits per heavy atom. The van der Waals surface area contributed by atoms with Gasteiger partial charge in [0.05, 0.1) is 21.3 Å². The van der Waals surface area contributed by atoms with Gasteiger partial charge in [-0.05, 0) is 118 Å². The monoisotopic (exact) mass is 897 g/mol. The minimum Gasteiger partial charge on any atom is -0.496 e. The summed E-state index contributed by atoms with van der Waals surface area (Å²) in [5.74, 6) is -2.32. The van der Waals surface area contributed by atoms with Gasteiger partial charge >= 0.3 is 12.1 Å². The van der Waals surface area contributed by atoms with E-state index in [0.717, 1.165) is 11.1 Å². The fraction of sp³-hybridized carbons (Fsp3) is 0.375. The van der Waals surface area contributed by atoms with Gasteiger partial charge in [0.1, 0.15) is 41.3 Å².